The van der Waals surface area contributed by atoms with E-state index in [9.17, 15) is 4.79 Å². The van der Waals surface area contributed by atoms with Crippen LogP contribution < -0.4 is 11.1 Å². The van der Waals surface area contributed by atoms with E-state index in [0.29, 0.717) is 19.8 Å². The average molecular weight is 201 g/mol. The van der Waals surface area contributed by atoms with Crippen molar-refractivity contribution in [2.75, 3.05) is 33.9 Å². The minimum absolute atomic E-state index is 0.0858. The molecule has 0 spiro atoms. The summed E-state index contributed by atoms with van der Waals surface area (Å²) in [5.74, 6) is 0. The van der Waals surface area contributed by atoms with E-state index in [1.807, 2.05) is 0 Å². The molecule has 14 heavy (non-hydrogen) atoms. The highest BCUT2D eigenvalue weighted by Gasteiger charge is 2.33. The standard InChI is InChI=1S/C9H19N3O2/c1-12(2)8(13)11-9(7-10)3-5-14-6-4-9/h3-7,10H2,1-2H3,(H,11,13). The first-order valence-electron chi connectivity index (χ1n) is 4.87. The molecule has 0 aromatic heterocycles. The van der Waals surface area contributed by atoms with Crippen molar-refractivity contribution in [1.29, 1.82) is 0 Å². The van der Waals surface area contributed by atoms with E-state index >= 15 is 0 Å². The summed E-state index contributed by atoms with van der Waals surface area (Å²) in [5.41, 5.74) is 5.43. The summed E-state index contributed by atoms with van der Waals surface area (Å²) in [6.45, 7) is 1.81. The SMILES string of the molecule is CN(C)C(=O)NC1(CN)CCOCC1. The van der Waals surface area contributed by atoms with Crippen LogP contribution in [0.25, 0.3) is 0 Å². The van der Waals surface area contributed by atoms with Crippen LogP contribution in [0, 0.1) is 0 Å². The molecule has 0 unspecified atom stereocenters. The third kappa shape index (κ3) is 2.59. The summed E-state index contributed by atoms with van der Waals surface area (Å²) >= 11 is 0. The molecular weight excluding hydrogens is 182 g/mol. The molecule has 5 nitrogen and oxygen atoms in total. The van der Waals surface area contributed by atoms with E-state index in [4.69, 9.17) is 10.5 Å². The highest BCUT2D eigenvalue weighted by molar-refractivity contribution is 5.74. The van der Waals surface area contributed by atoms with E-state index in [-0.39, 0.29) is 11.6 Å². The van der Waals surface area contributed by atoms with Crippen LogP contribution in [0.2, 0.25) is 0 Å². The molecule has 5 heteroatoms. The average Bonchev–Trinajstić information content (AvgIpc) is 2.19. The second-order valence-electron chi connectivity index (χ2n) is 3.92. The van der Waals surface area contributed by atoms with Gasteiger partial charge in [0.2, 0.25) is 0 Å². The summed E-state index contributed by atoms with van der Waals surface area (Å²) in [6.07, 6.45) is 1.59. The molecule has 1 fully saturated rings. The Hall–Kier alpha value is -0.810. The van der Waals surface area contributed by atoms with Gasteiger partial charge in [0, 0.05) is 33.9 Å². The predicted molar refractivity (Wildman–Crippen MR) is 54.1 cm³/mol. The first-order chi connectivity index (χ1) is 6.59. The lowest BCUT2D eigenvalue weighted by molar-refractivity contribution is 0.0440. The topological polar surface area (TPSA) is 67.6 Å². The number of carbonyl (C=O) groups excluding carboxylic acids is 1. The van der Waals surface area contributed by atoms with Gasteiger partial charge in [0.25, 0.3) is 0 Å². The molecule has 1 aliphatic rings. The van der Waals surface area contributed by atoms with E-state index < -0.39 is 0 Å². The Labute approximate surface area is 84.6 Å². The number of hydrogen-bond donors (Lipinski definition) is 2. The molecule has 2 amide bonds. The van der Waals surface area contributed by atoms with Crippen LogP contribution in [0.15, 0.2) is 0 Å². The minimum Gasteiger partial charge on any atom is -0.381 e. The molecule has 0 saturated carbocycles. The quantitative estimate of drug-likeness (QED) is 0.648. The lowest BCUT2D eigenvalue weighted by Crippen LogP contribution is -2.58. The van der Waals surface area contributed by atoms with Crippen LogP contribution in [-0.2, 0) is 4.74 Å². The smallest absolute Gasteiger partial charge is 0.317 e. The van der Waals surface area contributed by atoms with Crippen LogP contribution >= 0.6 is 0 Å². The van der Waals surface area contributed by atoms with Crippen LogP contribution in [0.4, 0.5) is 4.79 Å². The summed E-state index contributed by atoms with van der Waals surface area (Å²) < 4.78 is 5.25. The first-order valence-corrected chi connectivity index (χ1v) is 4.87. The van der Waals surface area contributed by atoms with Gasteiger partial charge in [-0.1, -0.05) is 0 Å². The molecule has 0 aromatic rings. The van der Waals surface area contributed by atoms with Crippen LogP contribution in [0.5, 0.6) is 0 Å². The van der Waals surface area contributed by atoms with Gasteiger partial charge < -0.3 is 20.7 Å². The Balaban J connectivity index is 2.56. The lowest BCUT2D eigenvalue weighted by Gasteiger charge is -2.37. The van der Waals surface area contributed by atoms with E-state index in [1.54, 1.807) is 14.1 Å². The molecule has 3 N–H and O–H groups in total. The van der Waals surface area contributed by atoms with Gasteiger partial charge in [-0.3, -0.25) is 0 Å². The summed E-state index contributed by atoms with van der Waals surface area (Å²) in [4.78, 5) is 13.0. The Bertz CT molecular complexity index is 200. The van der Waals surface area contributed by atoms with Crippen molar-refractivity contribution in [3.63, 3.8) is 0 Å². The number of ether oxygens (including phenoxy) is 1. The van der Waals surface area contributed by atoms with E-state index in [0.717, 1.165) is 12.8 Å². The van der Waals surface area contributed by atoms with Crippen molar-refractivity contribution in [2.24, 2.45) is 5.73 Å². The van der Waals surface area contributed by atoms with Crippen molar-refractivity contribution in [3.05, 3.63) is 0 Å². The second kappa shape index (κ2) is 4.61. The largest absolute Gasteiger partial charge is 0.381 e. The zero-order chi connectivity index (χ0) is 10.6. The molecule has 0 radical (unpaired) electrons. The molecule has 1 aliphatic heterocycles. The number of amides is 2. The van der Waals surface area contributed by atoms with Crippen molar-refractivity contribution >= 4 is 6.03 Å². The van der Waals surface area contributed by atoms with E-state index in [1.165, 1.54) is 4.90 Å². The van der Waals surface area contributed by atoms with Crippen molar-refractivity contribution in [1.82, 2.24) is 10.2 Å². The van der Waals surface area contributed by atoms with Gasteiger partial charge in [-0.2, -0.15) is 0 Å². The highest BCUT2D eigenvalue weighted by Crippen LogP contribution is 2.19. The molecule has 1 heterocycles. The monoisotopic (exact) mass is 201 g/mol. The molecule has 1 rings (SSSR count). The predicted octanol–water partition coefficient (Wildman–Crippen LogP) is -0.234. The lowest BCUT2D eigenvalue weighted by atomic mass is 9.90. The third-order valence-electron chi connectivity index (χ3n) is 2.62. The fourth-order valence-corrected chi connectivity index (χ4v) is 1.48. The molecule has 1 saturated heterocycles. The molecule has 0 aromatic carbocycles. The van der Waals surface area contributed by atoms with Gasteiger partial charge in [-0.25, -0.2) is 4.79 Å². The van der Waals surface area contributed by atoms with Crippen molar-refractivity contribution in [3.8, 4) is 0 Å². The molecular formula is C9H19N3O2. The maximum Gasteiger partial charge on any atom is 0.317 e. The number of urea groups is 1. The molecule has 0 atom stereocenters. The van der Waals surface area contributed by atoms with Gasteiger partial charge in [0.05, 0.1) is 5.54 Å². The van der Waals surface area contributed by atoms with Gasteiger partial charge in [0.1, 0.15) is 0 Å². The normalized spacial score (nSPS) is 20.2. The zero-order valence-corrected chi connectivity index (χ0v) is 8.88. The van der Waals surface area contributed by atoms with Gasteiger partial charge in [0.15, 0.2) is 0 Å². The van der Waals surface area contributed by atoms with Crippen molar-refractivity contribution < 1.29 is 9.53 Å². The Morgan fingerprint density at radius 3 is 2.50 bits per heavy atom. The van der Waals surface area contributed by atoms with E-state index in [2.05, 4.69) is 5.32 Å². The number of hydrogen-bond acceptors (Lipinski definition) is 3. The van der Waals surface area contributed by atoms with Crippen LogP contribution in [-0.4, -0.2) is 50.3 Å². The molecule has 82 valence electrons. The van der Waals surface area contributed by atoms with Gasteiger partial charge in [-0.15, -0.1) is 0 Å². The number of rotatable bonds is 2. The zero-order valence-electron chi connectivity index (χ0n) is 8.88. The number of carbonyl (C=O) groups is 1. The Morgan fingerprint density at radius 1 is 1.50 bits per heavy atom. The number of nitrogens with zero attached hydrogens (tertiary/aromatic N) is 1. The summed E-state index contributed by atoms with van der Waals surface area (Å²) in [6, 6.07) is -0.0858. The fourth-order valence-electron chi connectivity index (χ4n) is 1.48. The van der Waals surface area contributed by atoms with Crippen molar-refractivity contribution in [2.45, 2.75) is 18.4 Å². The third-order valence-corrected chi connectivity index (χ3v) is 2.62. The maximum absolute atomic E-state index is 11.5. The summed E-state index contributed by atoms with van der Waals surface area (Å²) in [5, 5.41) is 2.96. The van der Waals surface area contributed by atoms with Gasteiger partial charge in [-0.05, 0) is 12.8 Å². The maximum atomic E-state index is 11.5. The first kappa shape index (κ1) is 11.3. The van der Waals surface area contributed by atoms with Crippen LogP contribution in [0.1, 0.15) is 12.8 Å². The summed E-state index contributed by atoms with van der Waals surface area (Å²) in [7, 11) is 3.44. The molecule has 0 aliphatic carbocycles. The molecule has 0 bridgehead atoms. The van der Waals surface area contributed by atoms with Crippen LogP contribution in [0.3, 0.4) is 0 Å². The number of nitrogens with one attached hydrogen (secondary N) is 1. The Kier molecular flexibility index (Phi) is 3.71. The minimum atomic E-state index is -0.264. The fraction of sp³-hybridized carbons (Fsp3) is 0.889. The highest BCUT2D eigenvalue weighted by atomic mass is 16.5. The van der Waals surface area contributed by atoms with Gasteiger partial charge >= 0.3 is 6.03 Å². The second-order valence-corrected chi connectivity index (χ2v) is 3.92. The Morgan fingerprint density at radius 2 is 2.07 bits per heavy atom. The number of nitrogens with two attached hydrogens (primary N) is 1.